The van der Waals surface area contributed by atoms with Gasteiger partial charge >= 0.3 is 0 Å². The molecule has 2 aromatic carbocycles. The van der Waals surface area contributed by atoms with Crippen LogP contribution in [0.3, 0.4) is 0 Å². The molecule has 0 saturated carbocycles. The molecule has 1 atom stereocenters. The van der Waals surface area contributed by atoms with Crippen LogP contribution in [0, 0.1) is 12.7 Å². The van der Waals surface area contributed by atoms with E-state index in [1.54, 1.807) is 0 Å². The normalized spacial score (nSPS) is 12.6. The van der Waals surface area contributed by atoms with Crippen molar-refractivity contribution in [1.82, 2.24) is 10.0 Å². The van der Waals surface area contributed by atoms with Crippen LogP contribution in [0.4, 0.5) is 4.39 Å². The zero-order valence-corrected chi connectivity index (χ0v) is 16.9. The van der Waals surface area contributed by atoms with Crippen molar-refractivity contribution in [1.29, 1.82) is 0 Å². The minimum Gasteiger partial charge on any atom is -0.351 e. The second-order valence-corrected chi connectivity index (χ2v) is 8.76. The van der Waals surface area contributed by atoms with E-state index >= 15 is 0 Å². The van der Waals surface area contributed by atoms with E-state index in [4.69, 9.17) is 0 Å². The van der Waals surface area contributed by atoms with Gasteiger partial charge in [0.2, 0.25) is 15.9 Å². The summed E-state index contributed by atoms with van der Waals surface area (Å²) in [5, 5.41) is 2.75. The lowest BCUT2D eigenvalue weighted by molar-refractivity contribution is -0.122. The van der Waals surface area contributed by atoms with E-state index in [1.165, 1.54) is 30.0 Å². The van der Waals surface area contributed by atoms with Gasteiger partial charge in [-0.15, -0.1) is 0 Å². The monoisotopic (exact) mass is 410 g/mol. The molecule has 2 N–H and O–H groups in total. The summed E-state index contributed by atoms with van der Waals surface area (Å²) in [6, 6.07) is 11.8. The van der Waals surface area contributed by atoms with Gasteiger partial charge in [-0.2, -0.15) is 16.5 Å². The standard InChI is InChI=1S/C19H23FN2O3S2/c1-14-7-9-15(10-8-14)13-21-19(23)17(11-12-26-2)22-27(24,25)18-6-4-3-5-16(18)20/h3-10,17,22H,11-13H2,1-2H3,(H,21,23). The van der Waals surface area contributed by atoms with E-state index in [9.17, 15) is 17.6 Å². The largest absolute Gasteiger partial charge is 0.351 e. The Balaban J connectivity index is 2.10. The van der Waals surface area contributed by atoms with Crippen LogP contribution in [0.5, 0.6) is 0 Å². The average Bonchev–Trinajstić information content (AvgIpc) is 2.64. The molecule has 0 bridgehead atoms. The SMILES string of the molecule is CSCCC(NS(=O)(=O)c1ccccc1F)C(=O)NCc1ccc(C)cc1. The zero-order valence-electron chi connectivity index (χ0n) is 15.2. The van der Waals surface area contributed by atoms with Crippen LogP contribution in [0.15, 0.2) is 53.4 Å². The van der Waals surface area contributed by atoms with E-state index in [2.05, 4.69) is 10.0 Å². The van der Waals surface area contributed by atoms with Gasteiger partial charge in [-0.1, -0.05) is 42.0 Å². The van der Waals surface area contributed by atoms with Gasteiger partial charge in [0.25, 0.3) is 0 Å². The van der Waals surface area contributed by atoms with E-state index in [0.29, 0.717) is 12.2 Å². The quantitative estimate of drug-likeness (QED) is 0.667. The third-order valence-corrected chi connectivity index (χ3v) is 6.09. The molecule has 2 aromatic rings. The van der Waals surface area contributed by atoms with E-state index in [0.717, 1.165) is 17.2 Å². The van der Waals surface area contributed by atoms with Gasteiger partial charge in [-0.3, -0.25) is 4.79 Å². The molecule has 1 amide bonds. The van der Waals surface area contributed by atoms with Gasteiger partial charge in [0.05, 0.1) is 0 Å². The van der Waals surface area contributed by atoms with Crippen molar-refractivity contribution in [3.63, 3.8) is 0 Å². The Morgan fingerprint density at radius 3 is 2.44 bits per heavy atom. The molecule has 0 aliphatic heterocycles. The van der Waals surface area contributed by atoms with Crippen molar-refractivity contribution in [2.75, 3.05) is 12.0 Å². The second-order valence-electron chi connectivity index (χ2n) is 6.09. The molecular weight excluding hydrogens is 387 g/mol. The van der Waals surface area contributed by atoms with E-state index in [1.807, 2.05) is 37.4 Å². The number of benzene rings is 2. The summed E-state index contributed by atoms with van der Waals surface area (Å²) in [5.41, 5.74) is 2.02. The van der Waals surface area contributed by atoms with Gasteiger partial charge < -0.3 is 5.32 Å². The van der Waals surface area contributed by atoms with Crippen LogP contribution < -0.4 is 10.0 Å². The van der Waals surface area contributed by atoms with Crippen LogP contribution >= 0.6 is 11.8 Å². The summed E-state index contributed by atoms with van der Waals surface area (Å²) in [6.45, 7) is 2.26. The molecule has 0 spiro atoms. The molecule has 0 aliphatic rings. The first-order valence-electron chi connectivity index (χ1n) is 8.42. The van der Waals surface area contributed by atoms with Gasteiger partial charge in [0.15, 0.2) is 0 Å². The number of hydrogen-bond acceptors (Lipinski definition) is 4. The van der Waals surface area contributed by atoms with Crippen LogP contribution in [-0.2, 0) is 21.4 Å². The maximum Gasteiger partial charge on any atom is 0.244 e. The Labute approximate surface area is 163 Å². The minimum absolute atomic E-state index is 0.288. The molecule has 146 valence electrons. The van der Waals surface area contributed by atoms with Gasteiger partial charge in [-0.05, 0) is 43.0 Å². The molecule has 0 aromatic heterocycles. The lowest BCUT2D eigenvalue weighted by atomic mass is 10.1. The maximum atomic E-state index is 13.9. The number of halogens is 1. The summed E-state index contributed by atoms with van der Waals surface area (Å²) in [6.07, 6.45) is 2.17. The predicted molar refractivity (Wildman–Crippen MR) is 107 cm³/mol. The highest BCUT2D eigenvalue weighted by atomic mass is 32.2. The molecule has 0 radical (unpaired) electrons. The van der Waals surface area contributed by atoms with Crippen LogP contribution in [0.1, 0.15) is 17.5 Å². The molecule has 2 rings (SSSR count). The first-order chi connectivity index (χ1) is 12.8. The highest BCUT2D eigenvalue weighted by molar-refractivity contribution is 7.98. The smallest absolute Gasteiger partial charge is 0.244 e. The molecule has 0 aliphatic carbocycles. The summed E-state index contributed by atoms with van der Waals surface area (Å²) < 4.78 is 41.2. The summed E-state index contributed by atoms with van der Waals surface area (Å²) in [4.78, 5) is 12.1. The fourth-order valence-electron chi connectivity index (χ4n) is 2.41. The Bertz CT molecular complexity index is 871. The first-order valence-corrected chi connectivity index (χ1v) is 11.3. The molecule has 8 heteroatoms. The summed E-state index contributed by atoms with van der Waals surface area (Å²) >= 11 is 1.50. The van der Waals surface area contributed by atoms with Crippen LogP contribution in [0.25, 0.3) is 0 Å². The number of thioether (sulfide) groups is 1. The molecule has 0 fully saturated rings. The number of hydrogen-bond donors (Lipinski definition) is 2. The number of aryl methyl sites for hydroxylation is 1. The first kappa shape index (κ1) is 21.4. The Morgan fingerprint density at radius 2 is 1.81 bits per heavy atom. The lowest BCUT2D eigenvalue weighted by Crippen LogP contribution is -2.46. The average molecular weight is 411 g/mol. The predicted octanol–water partition coefficient (Wildman–Crippen LogP) is 2.85. The van der Waals surface area contributed by atoms with Crippen LogP contribution in [0.2, 0.25) is 0 Å². The highest BCUT2D eigenvalue weighted by Gasteiger charge is 2.27. The summed E-state index contributed by atoms with van der Waals surface area (Å²) in [5.74, 6) is -0.708. The van der Waals surface area contributed by atoms with Gasteiger partial charge in [-0.25, -0.2) is 12.8 Å². The molecular formula is C19H23FN2O3S2. The van der Waals surface area contributed by atoms with Crippen LogP contribution in [-0.4, -0.2) is 32.4 Å². The highest BCUT2D eigenvalue weighted by Crippen LogP contribution is 2.15. The Morgan fingerprint density at radius 1 is 1.15 bits per heavy atom. The van der Waals surface area contributed by atoms with Crippen molar-refractivity contribution >= 4 is 27.7 Å². The topological polar surface area (TPSA) is 75.3 Å². The number of nitrogens with one attached hydrogen (secondary N) is 2. The van der Waals surface area contributed by atoms with Crippen molar-refractivity contribution in [3.8, 4) is 0 Å². The maximum absolute atomic E-state index is 13.9. The number of amides is 1. The minimum atomic E-state index is -4.15. The third kappa shape index (κ3) is 6.34. The Hall–Kier alpha value is -1.90. The second kappa shape index (κ2) is 9.87. The molecule has 0 saturated heterocycles. The number of carbonyl (C=O) groups is 1. The van der Waals surface area contributed by atoms with Gasteiger partial charge in [0, 0.05) is 6.54 Å². The fraction of sp³-hybridized carbons (Fsp3) is 0.316. The number of carbonyl (C=O) groups excluding carboxylic acids is 1. The fourth-order valence-corrected chi connectivity index (χ4v) is 4.19. The van der Waals surface area contributed by atoms with Crippen molar-refractivity contribution in [2.45, 2.75) is 30.8 Å². The van der Waals surface area contributed by atoms with Crippen molar-refractivity contribution in [3.05, 3.63) is 65.5 Å². The lowest BCUT2D eigenvalue weighted by Gasteiger charge is -2.18. The van der Waals surface area contributed by atoms with Gasteiger partial charge in [0.1, 0.15) is 16.8 Å². The summed E-state index contributed by atoms with van der Waals surface area (Å²) in [7, 11) is -4.15. The molecule has 1 unspecified atom stereocenters. The molecule has 5 nitrogen and oxygen atoms in total. The third-order valence-electron chi connectivity index (χ3n) is 3.94. The Kier molecular flexibility index (Phi) is 7.82. The van der Waals surface area contributed by atoms with Crippen molar-refractivity contribution < 1.29 is 17.6 Å². The number of rotatable bonds is 9. The van der Waals surface area contributed by atoms with E-state index < -0.39 is 32.7 Å². The van der Waals surface area contributed by atoms with Crippen molar-refractivity contribution in [2.24, 2.45) is 0 Å². The zero-order chi connectivity index (χ0) is 19.9. The molecule has 0 heterocycles. The molecule has 27 heavy (non-hydrogen) atoms. The van der Waals surface area contributed by atoms with E-state index in [-0.39, 0.29) is 6.54 Å². The number of sulfonamides is 1.